The van der Waals surface area contributed by atoms with Crippen LogP contribution < -0.4 is 0 Å². The van der Waals surface area contributed by atoms with Crippen LogP contribution in [0.3, 0.4) is 0 Å². The molecule has 0 saturated heterocycles. The highest BCUT2D eigenvalue weighted by atomic mass is 19.4. The standard InChI is InChI=1S/C23H27F3N2O4/c1-3-22(21(30)31-4-2)12-10-17(11-13-22)28-19(23(24,25)26)18(14-27-28)20(29)32-15-16-8-6-5-7-9-16/h5-9,14,17H,3-4,10-13,15H2,1-2H3/t17-,22+. The predicted octanol–water partition coefficient (Wildman–Crippen LogP) is 5.33. The zero-order valence-corrected chi connectivity index (χ0v) is 18.2. The van der Waals surface area contributed by atoms with E-state index in [0.717, 1.165) is 10.9 Å². The van der Waals surface area contributed by atoms with Crippen LogP contribution in [-0.2, 0) is 27.1 Å². The highest BCUT2D eigenvalue weighted by Crippen LogP contribution is 2.46. The van der Waals surface area contributed by atoms with Crippen molar-refractivity contribution in [3.8, 4) is 0 Å². The monoisotopic (exact) mass is 452 g/mol. The van der Waals surface area contributed by atoms with Crippen molar-refractivity contribution in [2.75, 3.05) is 6.61 Å². The van der Waals surface area contributed by atoms with Gasteiger partial charge in [0.25, 0.3) is 0 Å². The van der Waals surface area contributed by atoms with Crippen LogP contribution in [-0.4, -0.2) is 28.3 Å². The van der Waals surface area contributed by atoms with E-state index in [1.807, 2.05) is 6.92 Å². The quantitative estimate of drug-likeness (QED) is 0.531. The molecule has 1 saturated carbocycles. The molecule has 32 heavy (non-hydrogen) atoms. The molecule has 174 valence electrons. The van der Waals surface area contributed by atoms with Gasteiger partial charge in [0.15, 0.2) is 5.69 Å². The van der Waals surface area contributed by atoms with Gasteiger partial charge in [0.2, 0.25) is 0 Å². The molecule has 0 radical (unpaired) electrons. The Morgan fingerprint density at radius 3 is 2.34 bits per heavy atom. The van der Waals surface area contributed by atoms with Gasteiger partial charge in [-0.3, -0.25) is 9.48 Å². The molecule has 9 heteroatoms. The zero-order chi connectivity index (χ0) is 23.4. The Kier molecular flexibility index (Phi) is 7.26. The fraction of sp³-hybridized carbons (Fsp3) is 0.522. The van der Waals surface area contributed by atoms with E-state index in [1.54, 1.807) is 37.3 Å². The average Bonchev–Trinajstić information content (AvgIpc) is 3.24. The van der Waals surface area contributed by atoms with Gasteiger partial charge in [0.1, 0.15) is 12.2 Å². The van der Waals surface area contributed by atoms with E-state index in [9.17, 15) is 22.8 Å². The summed E-state index contributed by atoms with van der Waals surface area (Å²) < 4.78 is 53.0. The van der Waals surface area contributed by atoms with E-state index in [-0.39, 0.29) is 19.2 Å². The summed E-state index contributed by atoms with van der Waals surface area (Å²) in [5.74, 6) is -1.37. The Labute approximate surface area is 184 Å². The van der Waals surface area contributed by atoms with Crippen LogP contribution in [0.2, 0.25) is 0 Å². The maximum atomic E-state index is 13.9. The first-order chi connectivity index (χ1) is 15.2. The Morgan fingerprint density at radius 2 is 1.78 bits per heavy atom. The van der Waals surface area contributed by atoms with E-state index in [4.69, 9.17) is 9.47 Å². The summed E-state index contributed by atoms with van der Waals surface area (Å²) in [4.78, 5) is 24.9. The molecule has 0 aliphatic heterocycles. The summed E-state index contributed by atoms with van der Waals surface area (Å²) >= 11 is 0. The molecule has 6 nitrogen and oxygen atoms in total. The number of hydrogen-bond donors (Lipinski definition) is 0. The largest absolute Gasteiger partial charge is 0.466 e. The SMILES string of the molecule is CCOC(=O)[C@]1(CC)CC[C@H](n2ncc(C(=O)OCc3ccccc3)c2C(F)(F)F)CC1. The second-order valence-corrected chi connectivity index (χ2v) is 8.00. The predicted molar refractivity (Wildman–Crippen MR) is 110 cm³/mol. The van der Waals surface area contributed by atoms with Gasteiger partial charge in [-0.2, -0.15) is 18.3 Å². The summed E-state index contributed by atoms with van der Waals surface area (Å²) in [7, 11) is 0. The molecule has 0 unspecified atom stereocenters. The first-order valence-electron chi connectivity index (χ1n) is 10.7. The van der Waals surface area contributed by atoms with Crippen molar-refractivity contribution < 1.29 is 32.2 Å². The topological polar surface area (TPSA) is 70.4 Å². The number of nitrogens with zero attached hydrogens (tertiary/aromatic N) is 2. The number of halogens is 3. The van der Waals surface area contributed by atoms with E-state index in [2.05, 4.69) is 5.10 Å². The zero-order valence-electron chi connectivity index (χ0n) is 18.2. The van der Waals surface area contributed by atoms with Crippen molar-refractivity contribution in [2.24, 2.45) is 5.41 Å². The molecule has 0 amide bonds. The molecule has 1 aliphatic rings. The van der Waals surface area contributed by atoms with Crippen LogP contribution in [0.25, 0.3) is 0 Å². The van der Waals surface area contributed by atoms with Crippen LogP contribution in [0.5, 0.6) is 0 Å². The van der Waals surface area contributed by atoms with Crippen LogP contribution >= 0.6 is 0 Å². The summed E-state index contributed by atoms with van der Waals surface area (Å²) in [6, 6.07) is 8.14. The van der Waals surface area contributed by atoms with Crippen molar-refractivity contribution in [1.82, 2.24) is 9.78 Å². The molecular weight excluding hydrogens is 425 g/mol. The molecular formula is C23H27F3N2O4. The Morgan fingerprint density at radius 1 is 1.12 bits per heavy atom. The summed E-state index contributed by atoms with van der Waals surface area (Å²) in [6.07, 6.45) is -1.84. The molecule has 0 bridgehead atoms. The normalized spacial score (nSPS) is 21.2. The smallest absolute Gasteiger partial charge is 0.433 e. The lowest BCUT2D eigenvalue weighted by atomic mass is 9.70. The van der Waals surface area contributed by atoms with Gasteiger partial charge in [-0.25, -0.2) is 4.79 Å². The average molecular weight is 452 g/mol. The second-order valence-electron chi connectivity index (χ2n) is 8.00. The molecule has 1 aliphatic carbocycles. The van der Waals surface area contributed by atoms with Gasteiger partial charge in [-0.1, -0.05) is 37.3 Å². The number of carbonyl (C=O) groups is 2. The van der Waals surface area contributed by atoms with Gasteiger partial charge in [0.05, 0.1) is 24.3 Å². The van der Waals surface area contributed by atoms with Crippen molar-refractivity contribution in [1.29, 1.82) is 0 Å². The van der Waals surface area contributed by atoms with Crippen LogP contribution in [0.4, 0.5) is 13.2 Å². The molecule has 1 fully saturated rings. The third-order valence-corrected chi connectivity index (χ3v) is 6.14. The molecule has 1 aromatic heterocycles. The number of esters is 2. The number of alkyl halides is 3. The van der Waals surface area contributed by atoms with Crippen LogP contribution in [0, 0.1) is 5.41 Å². The van der Waals surface area contributed by atoms with Gasteiger partial charge >= 0.3 is 18.1 Å². The van der Waals surface area contributed by atoms with Crippen molar-refractivity contribution >= 4 is 11.9 Å². The Balaban J connectivity index is 1.79. The van der Waals surface area contributed by atoms with Crippen molar-refractivity contribution in [2.45, 2.75) is 64.8 Å². The van der Waals surface area contributed by atoms with Crippen molar-refractivity contribution in [3.05, 3.63) is 53.3 Å². The third-order valence-electron chi connectivity index (χ3n) is 6.14. The first kappa shape index (κ1) is 23.8. The number of aromatic nitrogens is 2. The third kappa shape index (κ3) is 4.97. The number of carbonyl (C=O) groups excluding carboxylic acids is 2. The fourth-order valence-corrected chi connectivity index (χ4v) is 4.26. The maximum absolute atomic E-state index is 13.9. The van der Waals surface area contributed by atoms with Gasteiger partial charge < -0.3 is 9.47 Å². The number of rotatable bonds is 7. The molecule has 2 aromatic rings. The molecule has 1 aromatic carbocycles. The number of benzene rings is 1. The Bertz CT molecular complexity index is 932. The number of hydrogen-bond acceptors (Lipinski definition) is 5. The minimum absolute atomic E-state index is 0.135. The summed E-state index contributed by atoms with van der Waals surface area (Å²) in [5, 5.41) is 3.92. The van der Waals surface area contributed by atoms with Gasteiger partial charge in [-0.15, -0.1) is 0 Å². The fourth-order valence-electron chi connectivity index (χ4n) is 4.26. The molecule has 0 spiro atoms. The lowest BCUT2D eigenvalue weighted by Gasteiger charge is -2.37. The highest BCUT2D eigenvalue weighted by Gasteiger charge is 2.46. The summed E-state index contributed by atoms with van der Waals surface area (Å²) in [6.45, 7) is 3.73. The van der Waals surface area contributed by atoms with Crippen molar-refractivity contribution in [3.63, 3.8) is 0 Å². The van der Waals surface area contributed by atoms with Crippen LogP contribution in [0.15, 0.2) is 36.5 Å². The van der Waals surface area contributed by atoms with Gasteiger partial charge in [-0.05, 0) is 44.6 Å². The minimum Gasteiger partial charge on any atom is -0.466 e. The molecule has 0 N–H and O–H groups in total. The van der Waals surface area contributed by atoms with Crippen LogP contribution in [0.1, 0.15) is 73.6 Å². The Hall–Kier alpha value is -2.84. The molecule has 0 atom stereocenters. The molecule has 1 heterocycles. The van der Waals surface area contributed by atoms with E-state index in [1.165, 1.54) is 0 Å². The minimum atomic E-state index is -4.78. The highest BCUT2D eigenvalue weighted by molar-refractivity contribution is 5.90. The maximum Gasteiger partial charge on any atom is 0.433 e. The lowest BCUT2D eigenvalue weighted by molar-refractivity contribution is -0.159. The van der Waals surface area contributed by atoms with E-state index in [0.29, 0.717) is 37.7 Å². The summed E-state index contributed by atoms with van der Waals surface area (Å²) in [5.41, 5.74) is -1.73. The second kappa shape index (κ2) is 9.75. The van der Waals surface area contributed by atoms with E-state index >= 15 is 0 Å². The van der Waals surface area contributed by atoms with Gasteiger partial charge in [0, 0.05) is 0 Å². The molecule has 3 rings (SSSR count). The number of ether oxygens (including phenoxy) is 2. The lowest BCUT2D eigenvalue weighted by Crippen LogP contribution is -2.37. The first-order valence-corrected chi connectivity index (χ1v) is 10.7. The van der Waals surface area contributed by atoms with E-state index < -0.39 is 34.9 Å².